The molecule has 0 bridgehead atoms. The van der Waals surface area contributed by atoms with Crippen molar-refractivity contribution in [3.8, 4) is 17.2 Å². The standard InChI is InChI=1S/C30H33O3P/c1-4-19-31-28-22(10-1)13-7-16-25(28)34(26-17-8-14-23-11-2-5-20-32-29(23)26)27-18-9-15-24-12-3-6-21-33-30(24)27/h7-9,13-18H,1-6,10-12,19-21H2. The summed E-state index contributed by atoms with van der Waals surface area (Å²) in [6.45, 7) is 2.37. The zero-order valence-corrected chi connectivity index (χ0v) is 20.7. The van der Waals surface area contributed by atoms with Crippen molar-refractivity contribution in [1.29, 1.82) is 0 Å². The van der Waals surface area contributed by atoms with Gasteiger partial charge in [-0.25, -0.2) is 0 Å². The van der Waals surface area contributed by atoms with Crippen LogP contribution in [0.3, 0.4) is 0 Å². The molecule has 0 aromatic heterocycles. The topological polar surface area (TPSA) is 27.7 Å². The molecule has 0 spiro atoms. The summed E-state index contributed by atoms with van der Waals surface area (Å²) < 4.78 is 19.4. The summed E-state index contributed by atoms with van der Waals surface area (Å²) in [4.78, 5) is 0. The van der Waals surface area contributed by atoms with Crippen molar-refractivity contribution in [2.75, 3.05) is 19.8 Å². The Balaban J connectivity index is 1.60. The van der Waals surface area contributed by atoms with Gasteiger partial charge in [0.25, 0.3) is 0 Å². The van der Waals surface area contributed by atoms with Crippen LogP contribution in [0.15, 0.2) is 54.6 Å². The first-order chi connectivity index (χ1) is 16.9. The van der Waals surface area contributed by atoms with Crippen molar-refractivity contribution in [2.45, 2.75) is 57.8 Å². The molecule has 0 atom stereocenters. The molecule has 0 saturated heterocycles. The summed E-state index contributed by atoms with van der Waals surface area (Å²) in [7, 11) is -0.900. The minimum absolute atomic E-state index is 0.792. The maximum Gasteiger partial charge on any atom is 0.130 e. The highest BCUT2D eigenvalue weighted by atomic mass is 31.1. The van der Waals surface area contributed by atoms with Gasteiger partial charge in [-0.2, -0.15) is 0 Å². The molecular weight excluding hydrogens is 439 g/mol. The van der Waals surface area contributed by atoms with Crippen molar-refractivity contribution in [3.63, 3.8) is 0 Å². The number of benzene rings is 3. The lowest BCUT2D eigenvalue weighted by Gasteiger charge is -2.27. The van der Waals surface area contributed by atoms with Gasteiger partial charge in [-0.15, -0.1) is 0 Å². The van der Waals surface area contributed by atoms with Crippen LogP contribution in [0.4, 0.5) is 0 Å². The van der Waals surface area contributed by atoms with Crippen LogP contribution in [0.1, 0.15) is 55.2 Å². The number of fused-ring (bicyclic) bond motifs is 3. The predicted molar refractivity (Wildman–Crippen MR) is 140 cm³/mol. The maximum atomic E-state index is 6.48. The van der Waals surface area contributed by atoms with E-state index in [-0.39, 0.29) is 0 Å². The number of hydrogen-bond acceptors (Lipinski definition) is 3. The third-order valence-electron chi connectivity index (χ3n) is 7.21. The zero-order chi connectivity index (χ0) is 22.7. The third kappa shape index (κ3) is 4.20. The number of hydrogen-bond donors (Lipinski definition) is 0. The van der Waals surface area contributed by atoms with Gasteiger partial charge in [0.05, 0.1) is 19.8 Å². The number of aryl methyl sites for hydroxylation is 3. The molecule has 4 heteroatoms. The Hall–Kier alpha value is -2.51. The molecule has 34 heavy (non-hydrogen) atoms. The molecule has 0 radical (unpaired) electrons. The molecule has 6 rings (SSSR count). The van der Waals surface area contributed by atoms with Gasteiger partial charge < -0.3 is 14.2 Å². The summed E-state index contributed by atoms with van der Waals surface area (Å²) in [6.07, 6.45) is 10.1. The first-order valence-electron chi connectivity index (χ1n) is 12.9. The summed E-state index contributed by atoms with van der Waals surface area (Å²) in [5.74, 6) is 3.30. The Labute approximate surface area is 204 Å². The Morgan fingerprint density at radius 1 is 0.441 bits per heavy atom. The largest absolute Gasteiger partial charge is 0.493 e. The van der Waals surface area contributed by atoms with Gasteiger partial charge in [-0.05, 0) is 82.4 Å². The van der Waals surface area contributed by atoms with Crippen LogP contribution in [-0.4, -0.2) is 19.8 Å². The summed E-state index contributed by atoms with van der Waals surface area (Å²) in [6, 6.07) is 20.3. The van der Waals surface area contributed by atoms with Crippen LogP contribution in [0, 0.1) is 0 Å². The predicted octanol–water partition coefficient (Wildman–Crippen LogP) is 5.59. The molecule has 3 nitrogen and oxygen atoms in total. The van der Waals surface area contributed by atoms with Crippen LogP contribution in [0.5, 0.6) is 17.2 Å². The lowest BCUT2D eigenvalue weighted by atomic mass is 10.1. The second-order valence-corrected chi connectivity index (χ2v) is 11.7. The summed E-state index contributed by atoms with van der Waals surface area (Å²) in [5.41, 5.74) is 4.02. The highest BCUT2D eigenvalue weighted by molar-refractivity contribution is 7.80. The fourth-order valence-corrected chi connectivity index (χ4v) is 8.21. The quantitative estimate of drug-likeness (QED) is 0.465. The van der Waals surface area contributed by atoms with E-state index in [0.29, 0.717) is 0 Å². The molecule has 3 aromatic rings. The van der Waals surface area contributed by atoms with Gasteiger partial charge in [-0.3, -0.25) is 0 Å². The third-order valence-corrected chi connectivity index (χ3v) is 9.71. The van der Waals surface area contributed by atoms with E-state index in [0.717, 1.165) is 75.6 Å². The van der Waals surface area contributed by atoms with E-state index in [1.54, 1.807) is 0 Å². The Bertz CT molecular complexity index is 1030. The van der Waals surface area contributed by atoms with Gasteiger partial charge in [0, 0.05) is 15.9 Å². The molecule has 0 unspecified atom stereocenters. The Morgan fingerprint density at radius 3 is 1.15 bits per heavy atom. The first kappa shape index (κ1) is 22.0. The Morgan fingerprint density at radius 2 is 0.794 bits per heavy atom. The number of ether oxygens (including phenoxy) is 3. The van der Waals surface area contributed by atoms with Crippen molar-refractivity contribution in [3.05, 3.63) is 71.3 Å². The molecule has 0 fully saturated rings. The van der Waals surface area contributed by atoms with Crippen molar-refractivity contribution >= 4 is 23.8 Å². The second-order valence-electron chi connectivity index (χ2n) is 9.55. The first-order valence-corrected chi connectivity index (χ1v) is 14.3. The lowest BCUT2D eigenvalue weighted by molar-refractivity contribution is 0.318. The fraction of sp³-hybridized carbons (Fsp3) is 0.400. The van der Waals surface area contributed by atoms with Crippen LogP contribution in [0.2, 0.25) is 0 Å². The van der Waals surface area contributed by atoms with E-state index in [4.69, 9.17) is 14.2 Å². The highest BCUT2D eigenvalue weighted by Gasteiger charge is 2.31. The van der Waals surface area contributed by atoms with E-state index in [1.165, 1.54) is 51.9 Å². The fourth-order valence-electron chi connectivity index (χ4n) is 5.50. The average Bonchev–Trinajstić information content (AvgIpc) is 3.36. The van der Waals surface area contributed by atoms with Crippen LogP contribution >= 0.6 is 7.92 Å². The van der Waals surface area contributed by atoms with E-state index in [9.17, 15) is 0 Å². The van der Waals surface area contributed by atoms with E-state index in [2.05, 4.69) is 54.6 Å². The van der Waals surface area contributed by atoms with E-state index in [1.807, 2.05) is 0 Å². The zero-order valence-electron chi connectivity index (χ0n) is 19.9. The number of rotatable bonds is 3. The van der Waals surface area contributed by atoms with Crippen molar-refractivity contribution in [1.82, 2.24) is 0 Å². The van der Waals surface area contributed by atoms with Gasteiger partial charge in [0.15, 0.2) is 0 Å². The number of para-hydroxylation sites is 3. The van der Waals surface area contributed by atoms with Gasteiger partial charge in [0.1, 0.15) is 17.2 Å². The van der Waals surface area contributed by atoms with Crippen LogP contribution in [0.25, 0.3) is 0 Å². The molecule has 3 aliphatic rings. The maximum absolute atomic E-state index is 6.48. The van der Waals surface area contributed by atoms with Gasteiger partial charge in [0.2, 0.25) is 0 Å². The van der Waals surface area contributed by atoms with Gasteiger partial charge in [-0.1, -0.05) is 54.6 Å². The van der Waals surface area contributed by atoms with E-state index >= 15 is 0 Å². The Kier molecular flexibility index (Phi) is 6.47. The molecule has 176 valence electrons. The monoisotopic (exact) mass is 472 g/mol. The van der Waals surface area contributed by atoms with Crippen molar-refractivity contribution in [2.24, 2.45) is 0 Å². The minimum Gasteiger partial charge on any atom is -0.493 e. The second kappa shape index (κ2) is 10.0. The molecule has 0 aliphatic carbocycles. The smallest absolute Gasteiger partial charge is 0.130 e. The normalized spacial score (nSPS) is 17.6. The average molecular weight is 473 g/mol. The van der Waals surface area contributed by atoms with Crippen molar-refractivity contribution < 1.29 is 14.2 Å². The lowest BCUT2D eigenvalue weighted by Crippen LogP contribution is -2.26. The highest BCUT2D eigenvalue weighted by Crippen LogP contribution is 2.46. The molecule has 3 heterocycles. The molecule has 0 saturated carbocycles. The summed E-state index contributed by atoms with van der Waals surface area (Å²) >= 11 is 0. The molecular formula is C30H33O3P. The van der Waals surface area contributed by atoms with Crippen LogP contribution in [-0.2, 0) is 19.3 Å². The molecule has 3 aromatic carbocycles. The van der Waals surface area contributed by atoms with Gasteiger partial charge >= 0.3 is 0 Å². The SMILES string of the molecule is c1cc2c(c(P(c3cccc4c3OCCCC4)c3cccc4c3OCCCC4)c1)OCCCC2. The molecule has 0 N–H and O–H groups in total. The molecule has 3 aliphatic heterocycles. The van der Waals surface area contributed by atoms with Crippen LogP contribution < -0.4 is 30.1 Å². The van der Waals surface area contributed by atoms with E-state index < -0.39 is 7.92 Å². The molecule has 0 amide bonds. The summed E-state index contributed by atoms with van der Waals surface area (Å²) in [5, 5.41) is 3.91. The minimum atomic E-state index is -0.900.